The largest absolute Gasteiger partial charge is 0.417 e. The lowest BCUT2D eigenvalue weighted by molar-refractivity contribution is -0.142. The number of aromatic nitrogens is 2. The van der Waals surface area contributed by atoms with Crippen molar-refractivity contribution in [1.29, 1.82) is 26.3 Å². The lowest BCUT2D eigenvalue weighted by Crippen LogP contribution is -2.16. The predicted molar refractivity (Wildman–Crippen MR) is 296 cm³/mol. The number of fused-ring (bicyclic) bond motifs is 6. The number of benzene rings is 10. The number of halogens is 6. The van der Waals surface area contributed by atoms with E-state index in [0.29, 0.717) is 123 Å². The maximum atomic E-state index is 15.9. The van der Waals surface area contributed by atoms with Gasteiger partial charge in [0.15, 0.2) is 0 Å². The van der Waals surface area contributed by atoms with Crippen LogP contribution < -0.4 is 0 Å². The fourth-order valence-corrected chi connectivity index (χ4v) is 10.9. The zero-order valence-electron chi connectivity index (χ0n) is 41.5. The zero-order valence-corrected chi connectivity index (χ0v) is 41.5. The lowest BCUT2D eigenvalue weighted by Gasteiger charge is -2.25. The second kappa shape index (κ2) is 19.1. The van der Waals surface area contributed by atoms with Crippen molar-refractivity contribution in [2.24, 2.45) is 0 Å². The Morgan fingerprint density at radius 1 is 0.275 bits per heavy atom. The van der Waals surface area contributed by atoms with E-state index >= 15 is 26.3 Å². The highest BCUT2D eigenvalue weighted by atomic mass is 19.4. The van der Waals surface area contributed by atoms with Crippen molar-refractivity contribution in [2.75, 3.05) is 0 Å². The molecular formula is C67H33F6N7. The fourth-order valence-electron chi connectivity index (χ4n) is 10.9. The highest BCUT2D eigenvalue weighted by Crippen LogP contribution is 2.51. The molecule has 2 aromatic heterocycles. The molecule has 0 N–H and O–H groups in total. The lowest BCUT2D eigenvalue weighted by atomic mass is 9.89. The molecule has 80 heavy (non-hydrogen) atoms. The van der Waals surface area contributed by atoms with E-state index in [-0.39, 0.29) is 16.9 Å². The third kappa shape index (κ3) is 8.48. The van der Waals surface area contributed by atoms with E-state index in [0.717, 1.165) is 6.07 Å². The van der Waals surface area contributed by atoms with Crippen molar-refractivity contribution in [3.05, 3.63) is 239 Å². The summed E-state index contributed by atoms with van der Waals surface area (Å²) < 4.78 is 98.8. The summed E-state index contributed by atoms with van der Waals surface area (Å²) in [5, 5.41) is 52.5. The van der Waals surface area contributed by atoms with Gasteiger partial charge in [-0.3, -0.25) is 0 Å². The molecule has 0 bridgehead atoms. The summed E-state index contributed by atoms with van der Waals surface area (Å²) in [5.41, 5.74) is 3.03. The van der Waals surface area contributed by atoms with Gasteiger partial charge in [-0.2, -0.15) is 52.7 Å². The Morgan fingerprint density at radius 3 is 0.800 bits per heavy atom. The minimum atomic E-state index is -5.35. The number of alkyl halides is 6. The Morgan fingerprint density at radius 2 is 0.537 bits per heavy atom. The van der Waals surface area contributed by atoms with Crippen LogP contribution in [-0.4, -0.2) is 9.13 Å². The number of nitrogens with zero attached hydrogens (tertiary/aromatic N) is 7. The molecule has 0 radical (unpaired) electrons. The number of nitriles is 5. The van der Waals surface area contributed by atoms with Crippen molar-refractivity contribution in [2.45, 2.75) is 12.4 Å². The predicted octanol–water partition coefficient (Wildman–Crippen LogP) is 17.6. The zero-order chi connectivity index (χ0) is 55.6. The van der Waals surface area contributed by atoms with Crippen molar-refractivity contribution in [1.82, 2.24) is 9.13 Å². The van der Waals surface area contributed by atoms with Crippen LogP contribution in [0.2, 0.25) is 0 Å². The molecule has 378 valence electrons. The summed E-state index contributed by atoms with van der Waals surface area (Å²) in [6, 6.07) is 64.3. The van der Waals surface area contributed by atoms with Crippen LogP contribution in [0.15, 0.2) is 200 Å². The van der Waals surface area contributed by atoms with Crippen molar-refractivity contribution >= 4 is 43.6 Å². The molecule has 12 rings (SSSR count). The van der Waals surface area contributed by atoms with Gasteiger partial charge in [0.25, 0.3) is 0 Å². The third-order valence-corrected chi connectivity index (χ3v) is 14.5. The minimum Gasteiger partial charge on any atom is -0.308 e. The maximum absolute atomic E-state index is 15.9. The Labute approximate surface area is 452 Å². The number of hydrogen-bond acceptors (Lipinski definition) is 5. The molecular weight excluding hydrogens is 1020 g/mol. The van der Waals surface area contributed by atoms with E-state index in [1.807, 2.05) is 48.5 Å². The second-order valence-electron chi connectivity index (χ2n) is 19.1. The van der Waals surface area contributed by atoms with Crippen molar-refractivity contribution in [3.8, 4) is 97.4 Å². The highest BCUT2D eigenvalue weighted by Gasteiger charge is 2.43. The summed E-state index contributed by atoms with van der Waals surface area (Å²) >= 11 is 0. The monoisotopic (exact) mass is 1050 g/mol. The molecule has 12 aromatic rings. The van der Waals surface area contributed by atoms with Crippen LogP contribution in [0.3, 0.4) is 0 Å². The first kappa shape index (κ1) is 49.7. The summed E-state index contributed by atoms with van der Waals surface area (Å²) in [4.78, 5) is 0. The van der Waals surface area contributed by atoms with E-state index in [1.54, 1.807) is 130 Å². The molecule has 0 saturated carbocycles. The van der Waals surface area contributed by atoms with Crippen LogP contribution >= 0.6 is 0 Å². The van der Waals surface area contributed by atoms with Crippen LogP contribution in [0.5, 0.6) is 0 Å². The van der Waals surface area contributed by atoms with Crippen LogP contribution in [0.4, 0.5) is 26.3 Å². The Bertz CT molecular complexity index is 4310. The Balaban J connectivity index is 1.26. The first-order valence-electron chi connectivity index (χ1n) is 24.7. The van der Waals surface area contributed by atoms with E-state index < -0.39 is 34.6 Å². The van der Waals surface area contributed by atoms with Gasteiger partial charge in [0.1, 0.15) is 0 Å². The van der Waals surface area contributed by atoms with E-state index in [9.17, 15) is 26.3 Å². The van der Waals surface area contributed by atoms with Gasteiger partial charge in [-0.15, -0.1) is 0 Å². The van der Waals surface area contributed by atoms with E-state index in [4.69, 9.17) is 0 Å². The molecule has 10 aromatic carbocycles. The van der Waals surface area contributed by atoms with Crippen LogP contribution in [0.25, 0.3) is 111 Å². The first-order chi connectivity index (χ1) is 38.7. The SMILES string of the molecule is N#Cc1cccc(-c2ccc3c(c2)c2cc(-c4cccc(C#N)c4)ccc2n3-c2cc(C#N)cc(-n3c4ccc(-c5cccc(C#N)c5)cc4c4cc(-c5cccc(C#N)c5)ccc43)c2-c2c(C(F)(F)F)cccc2C(F)(F)F)c1. The van der Waals surface area contributed by atoms with Gasteiger partial charge in [0.05, 0.1) is 103 Å². The molecule has 0 atom stereocenters. The third-order valence-electron chi connectivity index (χ3n) is 14.5. The van der Waals surface area contributed by atoms with Gasteiger partial charge >= 0.3 is 12.4 Å². The molecule has 7 nitrogen and oxygen atoms in total. The van der Waals surface area contributed by atoms with Gasteiger partial charge in [0.2, 0.25) is 0 Å². The van der Waals surface area contributed by atoms with Crippen LogP contribution in [0, 0.1) is 56.7 Å². The normalized spacial score (nSPS) is 11.6. The maximum Gasteiger partial charge on any atom is 0.417 e. The first-order valence-corrected chi connectivity index (χ1v) is 24.7. The average Bonchev–Trinajstić information content (AvgIpc) is 4.09. The van der Waals surface area contributed by atoms with Crippen LogP contribution in [-0.2, 0) is 12.4 Å². The van der Waals surface area contributed by atoms with Gasteiger partial charge in [-0.1, -0.05) is 78.9 Å². The molecule has 0 unspecified atom stereocenters. The standard InChI is InChI=1S/C67H33F6N7/c68-66(69,70)56-14-5-15-57(67(71,72)73)64(56)65-62(79-58-20-16-48(44-10-1-6-39(24-44)34-74)30-52(58)53-31-49(17-21-59(53)79)45-11-2-7-40(25-45)35-75)28-43(38-78)29-63(65)80-60-22-18-50(46-12-3-8-41(26-46)36-76)32-54(60)55-33-51(19-23-61(55)80)47-13-4-9-42(27-47)37-77/h1-33H. The van der Waals surface area contributed by atoms with Gasteiger partial charge in [-0.05, 0) is 166 Å². The fraction of sp³-hybridized carbons (Fsp3) is 0.0299. The molecule has 0 aliphatic heterocycles. The molecule has 0 aliphatic carbocycles. The van der Waals surface area contributed by atoms with Crippen LogP contribution in [0.1, 0.15) is 38.9 Å². The molecule has 0 aliphatic rings. The number of hydrogen-bond donors (Lipinski definition) is 0. The topological polar surface area (TPSA) is 129 Å². The molecule has 2 heterocycles. The summed E-state index contributed by atoms with van der Waals surface area (Å²) in [6.45, 7) is 0. The quantitative estimate of drug-likeness (QED) is 0.147. The second-order valence-corrected chi connectivity index (χ2v) is 19.1. The summed E-state index contributed by atoms with van der Waals surface area (Å²) in [7, 11) is 0. The van der Waals surface area contributed by atoms with Gasteiger partial charge < -0.3 is 9.13 Å². The Hall–Kier alpha value is -11.2. The molecule has 0 saturated heterocycles. The molecule has 0 fully saturated rings. The van der Waals surface area contributed by atoms with E-state index in [2.05, 4.69) is 30.3 Å². The van der Waals surface area contributed by atoms with E-state index in [1.165, 1.54) is 12.1 Å². The summed E-state index contributed by atoms with van der Waals surface area (Å²) in [6.07, 6.45) is -10.7. The minimum absolute atomic E-state index is 0.0912. The summed E-state index contributed by atoms with van der Waals surface area (Å²) in [5.74, 6) is 0. The Kier molecular flexibility index (Phi) is 11.9. The van der Waals surface area contributed by atoms with Gasteiger partial charge in [-0.25, -0.2) is 0 Å². The molecule has 0 amide bonds. The molecule has 0 spiro atoms. The van der Waals surface area contributed by atoms with Crippen molar-refractivity contribution < 1.29 is 26.3 Å². The highest BCUT2D eigenvalue weighted by molar-refractivity contribution is 6.14. The number of rotatable bonds is 7. The van der Waals surface area contributed by atoms with Crippen molar-refractivity contribution in [3.63, 3.8) is 0 Å². The van der Waals surface area contributed by atoms with Gasteiger partial charge in [0, 0.05) is 32.7 Å². The smallest absolute Gasteiger partial charge is 0.308 e. The molecule has 13 heteroatoms. The average molecular weight is 1050 g/mol.